The molecule has 0 saturated carbocycles. The third-order valence-electron chi connectivity index (χ3n) is 1.57. The Morgan fingerprint density at radius 3 is 1.82 bits per heavy atom. The molecule has 0 atom stereocenters. The Labute approximate surface area is 78.8 Å². The van der Waals surface area contributed by atoms with Crippen LogP contribution in [0.3, 0.4) is 0 Å². The van der Waals surface area contributed by atoms with E-state index in [1.165, 1.54) is 28.1 Å². The number of hydrogen-bond donors (Lipinski definition) is 0. The quantitative estimate of drug-likeness (QED) is 0.641. The van der Waals surface area contributed by atoms with E-state index in [2.05, 4.69) is 20.8 Å². The molecule has 0 aliphatic carbocycles. The molecule has 1 radical (unpaired) electrons. The van der Waals surface area contributed by atoms with Crippen LogP contribution in [0.2, 0.25) is 8.87 Å². The van der Waals surface area contributed by atoms with Crippen LogP contribution in [0.4, 0.5) is 0 Å². The first-order valence-corrected chi connectivity index (χ1v) is 10.0. The van der Waals surface area contributed by atoms with Gasteiger partial charge in [0.2, 0.25) is 0 Å². The van der Waals surface area contributed by atoms with Gasteiger partial charge in [-0.3, -0.25) is 0 Å². The molecule has 0 aliphatic rings. The summed E-state index contributed by atoms with van der Waals surface area (Å²) in [7, 11) is 0. The monoisotopic (exact) mass is 265 g/mol. The van der Waals surface area contributed by atoms with E-state index in [9.17, 15) is 0 Å². The molecule has 0 rings (SSSR count). The zero-order valence-electron chi connectivity index (χ0n) is 8.15. The summed E-state index contributed by atoms with van der Waals surface area (Å²) in [4.78, 5) is 0. The van der Waals surface area contributed by atoms with Crippen LogP contribution in [0.5, 0.6) is 0 Å². The van der Waals surface area contributed by atoms with E-state index < -0.39 is 20.2 Å². The molecule has 0 aliphatic heterocycles. The Bertz CT molecular complexity index is 70.0. The maximum absolute atomic E-state index is 5.87. The third-order valence-corrected chi connectivity index (χ3v) is 9.35. The van der Waals surface area contributed by atoms with E-state index in [0.29, 0.717) is 0 Å². The Balaban J connectivity index is 3.34. The molecule has 0 aromatic carbocycles. The second-order valence-corrected chi connectivity index (χ2v) is 9.64. The molecule has 0 fully saturated rings. The van der Waals surface area contributed by atoms with Crippen molar-refractivity contribution in [1.82, 2.24) is 0 Å². The van der Waals surface area contributed by atoms with E-state index in [1.807, 2.05) is 0 Å². The summed E-state index contributed by atoms with van der Waals surface area (Å²) in [6, 6.07) is 0. The van der Waals surface area contributed by atoms with Gasteiger partial charge in [0, 0.05) is 0 Å². The number of rotatable bonds is 7. The van der Waals surface area contributed by atoms with Gasteiger partial charge >= 0.3 is 78.8 Å². The van der Waals surface area contributed by atoms with Gasteiger partial charge in [0.05, 0.1) is 0 Å². The Morgan fingerprint density at radius 2 is 1.45 bits per heavy atom. The van der Waals surface area contributed by atoms with Crippen molar-refractivity contribution < 1.29 is 3.07 Å². The molecule has 0 amide bonds. The summed E-state index contributed by atoms with van der Waals surface area (Å²) in [5, 5.41) is 0. The van der Waals surface area contributed by atoms with Crippen LogP contribution in [0.25, 0.3) is 0 Å². The molecule has 0 N–H and O–H groups in total. The van der Waals surface area contributed by atoms with E-state index in [0.717, 1.165) is 6.61 Å². The van der Waals surface area contributed by atoms with Gasteiger partial charge in [0.25, 0.3) is 0 Å². The van der Waals surface area contributed by atoms with E-state index in [-0.39, 0.29) is 0 Å². The van der Waals surface area contributed by atoms with Crippen molar-refractivity contribution in [3.05, 3.63) is 0 Å². The minimum absolute atomic E-state index is 1.02. The average molecular weight is 264 g/mol. The molecule has 0 heterocycles. The van der Waals surface area contributed by atoms with Gasteiger partial charge in [0.1, 0.15) is 0 Å². The average Bonchev–Trinajstić information content (AvgIpc) is 2.01. The molecule has 0 aromatic heterocycles. The zero-order chi connectivity index (χ0) is 8.53. The van der Waals surface area contributed by atoms with Crippen molar-refractivity contribution >= 4 is 20.2 Å². The summed E-state index contributed by atoms with van der Waals surface area (Å²) in [5.74, 6) is 0. The summed E-state index contributed by atoms with van der Waals surface area (Å²) < 4.78 is 8.72. The first-order chi connectivity index (χ1) is 5.35. The summed E-state index contributed by atoms with van der Waals surface area (Å²) >= 11 is -1.29. The van der Waals surface area contributed by atoms with Gasteiger partial charge in [-0.25, -0.2) is 0 Å². The minimum atomic E-state index is -1.29. The Morgan fingerprint density at radius 1 is 0.909 bits per heavy atom. The van der Waals surface area contributed by atoms with Gasteiger partial charge in [-0.15, -0.1) is 0 Å². The van der Waals surface area contributed by atoms with Crippen molar-refractivity contribution in [3.8, 4) is 0 Å². The normalized spacial score (nSPS) is 10.9. The number of hydrogen-bond acceptors (Lipinski definition) is 1. The first-order valence-electron chi connectivity index (χ1n) is 4.82. The van der Waals surface area contributed by atoms with Gasteiger partial charge in [-0.05, 0) is 0 Å². The fourth-order valence-electron chi connectivity index (χ4n) is 1.07. The van der Waals surface area contributed by atoms with Crippen LogP contribution >= 0.6 is 0 Å². The van der Waals surface area contributed by atoms with E-state index >= 15 is 0 Å². The molecular formula is C9H21OSn. The fraction of sp³-hybridized carbons (Fsp3) is 1.00. The third kappa shape index (κ3) is 7.13. The van der Waals surface area contributed by atoms with Gasteiger partial charge in [0.15, 0.2) is 0 Å². The van der Waals surface area contributed by atoms with Gasteiger partial charge < -0.3 is 0 Å². The Hall–Kier alpha value is 0.759. The van der Waals surface area contributed by atoms with Crippen molar-refractivity contribution in [3.63, 3.8) is 0 Å². The molecule has 0 unspecified atom stereocenters. The van der Waals surface area contributed by atoms with Crippen molar-refractivity contribution in [1.29, 1.82) is 0 Å². The fourth-order valence-corrected chi connectivity index (χ4v) is 7.20. The van der Waals surface area contributed by atoms with Gasteiger partial charge in [-0.1, -0.05) is 0 Å². The Kier molecular flexibility index (Phi) is 9.46. The predicted molar refractivity (Wildman–Crippen MR) is 52.2 cm³/mol. The molecule has 11 heavy (non-hydrogen) atoms. The van der Waals surface area contributed by atoms with Crippen molar-refractivity contribution in [2.45, 2.75) is 48.9 Å². The summed E-state index contributed by atoms with van der Waals surface area (Å²) in [5.41, 5.74) is 0. The van der Waals surface area contributed by atoms with Gasteiger partial charge in [-0.2, -0.15) is 0 Å². The van der Waals surface area contributed by atoms with Crippen LogP contribution < -0.4 is 0 Å². The summed E-state index contributed by atoms with van der Waals surface area (Å²) in [6.07, 6.45) is 3.86. The molecule has 67 valence electrons. The molecule has 1 nitrogen and oxygen atoms in total. The second-order valence-electron chi connectivity index (χ2n) is 2.89. The molecular weight excluding hydrogens is 243 g/mol. The first kappa shape index (κ1) is 11.8. The standard InChI is InChI=1S/C3H7O.2C3H7.Sn/c1-2-3-4;2*1-3-2;/h2-3H2,1H3;2*1,3H2,2H3;/q-1;;;+1. The molecule has 0 spiro atoms. The molecule has 0 saturated heterocycles. The maximum atomic E-state index is 5.87. The van der Waals surface area contributed by atoms with E-state index in [4.69, 9.17) is 3.07 Å². The van der Waals surface area contributed by atoms with Crippen LogP contribution in [0.1, 0.15) is 40.0 Å². The molecule has 0 aromatic rings. The van der Waals surface area contributed by atoms with Crippen molar-refractivity contribution in [2.75, 3.05) is 6.61 Å². The van der Waals surface area contributed by atoms with Crippen LogP contribution in [-0.2, 0) is 3.07 Å². The van der Waals surface area contributed by atoms with E-state index in [1.54, 1.807) is 0 Å². The van der Waals surface area contributed by atoms with Crippen LogP contribution in [0.15, 0.2) is 0 Å². The molecule has 2 heteroatoms. The molecule has 0 bridgehead atoms. The summed E-state index contributed by atoms with van der Waals surface area (Å²) in [6.45, 7) is 7.75. The zero-order valence-corrected chi connectivity index (χ0v) is 11.0. The van der Waals surface area contributed by atoms with Crippen LogP contribution in [0, 0.1) is 0 Å². The van der Waals surface area contributed by atoms with Crippen molar-refractivity contribution in [2.24, 2.45) is 0 Å². The predicted octanol–water partition coefficient (Wildman–Crippen LogP) is 3.22. The second kappa shape index (κ2) is 8.85. The SMILES string of the molecule is CCC[O][Sn]([CH2]CC)[CH2]CC. The van der Waals surface area contributed by atoms with Crippen LogP contribution in [-0.4, -0.2) is 26.8 Å². The topological polar surface area (TPSA) is 9.23 Å².